The highest BCUT2D eigenvalue weighted by Crippen LogP contribution is 2.29. The number of aryl methyl sites for hydroxylation is 1. The lowest BCUT2D eigenvalue weighted by molar-refractivity contribution is -0.109. The summed E-state index contributed by atoms with van der Waals surface area (Å²) in [6, 6.07) is 13.8. The molecule has 1 aromatic carbocycles. The standard InChI is InChI=1S/C13H16ClN3.C6H5Cl.C3H7NO2.C2H6/c1-8(2)17-13-5-11(12(14)7-16-13)10-4-9(3)15-6-10;7-6-4-2-1-3-5-6;5-2-1-4-3-6;1-2/h4-8,15H,1-3H3,(H,16,17);1-5H;3,5H,1-2H2,(H,4,6);1-2H3. The maximum Gasteiger partial charge on any atom is 0.207 e. The molecule has 176 valence electrons. The summed E-state index contributed by atoms with van der Waals surface area (Å²) in [7, 11) is 0. The van der Waals surface area contributed by atoms with Crippen LogP contribution in [0.5, 0.6) is 0 Å². The van der Waals surface area contributed by atoms with Gasteiger partial charge in [0.2, 0.25) is 6.41 Å². The van der Waals surface area contributed by atoms with Crippen LogP contribution >= 0.6 is 23.2 Å². The molecule has 0 atom stereocenters. The second-order valence-electron chi connectivity index (χ2n) is 6.51. The van der Waals surface area contributed by atoms with Gasteiger partial charge in [0.05, 0.1) is 11.6 Å². The maximum atomic E-state index is 9.34. The number of amides is 1. The van der Waals surface area contributed by atoms with Crippen LogP contribution in [0, 0.1) is 6.92 Å². The van der Waals surface area contributed by atoms with E-state index in [-0.39, 0.29) is 6.61 Å². The smallest absolute Gasteiger partial charge is 0.207 e. The fourth-order valence-electron chi connectivity index (χ4n) is 2.24. The molecule has 8 heteroatoms. The Morgan fingerprint density at radius 3 is 2.22 bits per heavy atom. The van der Waals surface area contributed by atoms with Crippen LogP contribution in [0.15, 0.2) is 54.9 Å². The number of pyridine rings is 1. The van der Waals surface area contributed by atoms with Gasteiger partial charge >= 0.3 is 0 Å². The number of carbonyl (C=O) groups is 1. The molecular weight excluding hydrogens is 447 g/mol. The number of carbonyl (C=O) groups excluding carboxylic acids is 1. The third-order valence-electron chi connectivity index (χ3n) is 3.50. The molecule has 3 aromatic rings. The van der Waals surface area contributed by atoms with E-state index in [0.717, 1.165) is 27.7 Å². The zero-order valence-electron chi connectivity index (χ0n) is 19.3. The van der Waals surface area contributed by atoms with Gasteiger partial charge in [0.25, 0.3) is 0 Å². The van der Waals surface area contributed by atoms with Gasteiger partial charge in [-0.3, -0.25) is 4.79 Å². The van der Waals surface area contributed by atoms with Crippen LogP contribution in [-0.4, -0.2) is 40.7 Å². The van der Waals surface area contributed by atoms with E-state index in [2.05, 4.69) is 40.5 Å². The molecule has 6 nitrogen and oxygen atoms in total. The number of nitrogens with zero attached hydrogens (tertiary/aromatic N) is 1. The first-order valence-corrected chi connectivity index (χ1v) is 11.2. The molecule has 2 aromatic heterocycles. The first-order valence-electron chi connectivity index (χ1n) is 10.4. The third-order valence-corrected chi connectivity index (χ3v) is 4.06. The highest BCUT2D eigenvalue weighted by atomic mass is 35.5. The lowest BCUT2D eigenvalue weighted by Gasteiger charge is -2.10. The second-order valence-corrected chi connectivity index (χ2v) is 7.35. The fraction of sp³-hybridized carbons (Fsp3) is 0.333. The highest BCUT2D eigenvalue weighted by Gasteiger charge is 2.08. The Hall–Kier alpha value is -2.54. The van der Waals surface area contributed by atoms with Crippen LogP contribution in [0.4, 0.5) is 5.82 Å². The summed E-state index contributed by atoms with van der Waals surface area (Å²) in [5.74, 6) is 0.846. The van der Waals surface area contributed by atoms with Crippen molar-refractivity contribution >= 4 is 35.4 Å². The number of nitrogens with one attached hydrogen (secondary N) is 3. The second kappa shape index (κ2) is 18.1. The van der Waals surface area contributed by atoms with E-state index < -0.39 is 0 Å². The van der Waals surface area contributed by atoms with E-state index in [0.29, 0.717) is 24.0 Å². The Kier molecular flexibility index (Phi) is 16.6. The van der Waals surface area contributed by atoms with Crippen LogP contribution in [0.25, 0.3) is 11.1 Å². The van der Waals surface area contributed by atoms with E-state index in [4.69, 9.17) is 28.3 Å². The SMILES string of the molecule is CC.Cc1cc(-c2cc(NC(C)C)ncc2Cl)c[nH]1.Clc1ccccc1.O=CNCCO. The van der Waals surface area contributed by atoms with Gasteiger partial charge in [-0.1, -0.05) is 55.2 Å². The summed E-state index contributed by atoms with van der Waals surface area (Å²) in [5, 5.41) is 15.0. The van der Waals surface area contributed by atoms with Crippen molar-refractivity contribution in [2.45, 2.75) is 40.7 Å². The molecule has 2 heterocycles. The summed E-state index contributed by atoms with van der Waals surface area (Å²) >= 11 is 11.7. The van der Waals surface area contributed by atoms with Crippen molar-refractivity contribution in [1.29, 1.82) is 0 Å². The van der Waals surface area contributed by atoms with Crippen LogP contribution in [0.2, 0.25) is 10.0 Å². The van der Waals surface area contributed by atoms with Gasteiger partial charge in [-0.25, -0.2) is 4.98 Å². The first-order chi connectivity index (χ1) is 15.4. The molecule has 0 unspecified atom stereocenters. The minimum Gasteiger partial charge on any atom is -0.395 e. The lowest BCUT2D eigenvalue weighted by atomic mass is 10.1. The van der Waals surface area contributed by atoms with Gasteiger partial charge in [0, 0.05) is 46.8 Å². The maximum absolute atomic E-state index is 9.34. The number of hydrogen-bond donors (Lipinski definition) is 4. The molecule has 0 aliphatic carbocycles. The summed E-state index contributed by atoms with van der Waals surface area (Å²) < 4.78 is 0. The van der Waals surface area contributed by atoms with Gasteiger partial charge < -0.3 is 20.7 Å². The molecular formula is C24H34Cl2N4O2. The van der Waals surface area contributed by atoms with E-state index >= 15 is 0 Å². The highest BCUT2D eigenvalue weighted by molar-refractivity contribution is 6.33. The molecule has 1 amide bonds. The molecule has 0 fully saturated rings. The predicted molar refractivity (Wildman–Crippen MR) is 136 cm³/mol. The van der Waals surface area contributed by atoms with Gasteiger partial charge in [-0.2, -0.15) is 0 Å². The molecule has 0 aliphatic rings. The largest absolute Gasteiger partial charge is 0.395 e. The van der Waals surface area contributed by atoms with E-state index in [1.807, 2.05) is 63.4 Å². The van der Waals surface area contributed by atoms with Crippen molar-refractivity contribution in [1.82, 2.24) is 15.3 Å². The average Bonchev–Trinajstić information content (AvgIpc) is 3.22. The Labute approximate surface area is 201 Å². The van der Waals surface area contributed by atoms with Crippen molar-refractivity contribution < 1.29 is 9.90 Å². The number of aliphatic hydroxyl groups is 1. The fourth-order valence-corrected chi connectivity index (χ4v) is 2.59. The Morgan fingerprint density at radius 1 is 1.16 bits per heavy atom. The molecule has 0 radical (unpaired) electrons. The Morgan fingerprint density at radius 2 is 1.81 bits per heavy atom. The summed E-state index contributed by atoms with van der Waals surface area (Å²) in [4.78, 5) is 16.8. The lowest BCUT2D eigenvalue weighted by Crippen LogP contribution is -2.14. The van der Waals surface area contributed by atoms with E-state index in [1.54, 1.807) is 6.20 Å². The molecule has 3 rings (SSSR count). The minimum absolute atomic E-state index is 0.0126. The summed E-state index contributed by atoms with van der Waals surface area (Å²) in [6.07, 6.45) is 4.19. The van der Waals surface area contributed by atoms with E-state index in [9.17, 15) is 4.79 Å². The van der Waals surface area contributed by atoms with Crippen molar-refractivity contribution in [3.63, 3.8) is 0 Å². The predicted octanol–water partition coefficient (Wildman–Crippen LogP) is 5.95. The molecule has 0 spiro atoms. The van der Waals surface area contributed by atoms with Crippen LogP contribution in [0.3, 0.4) is 0 Å². The number of H-pyrrole nitrogens is 1. The van der Waals surface area contributed by atoms with Crippen molar-refractivity contribution in [2.24, 2.45) is 0 Å². The number of aromatic amines is 1. The number of benzene rings is 1. The van der Waals surface area contributed by atoms with E-state index in [1.165, 1.54) is 0 Å². The zero-order chi connectivity index (χ0) is 24.4. The average molecular weight is 481 g/mol. The normalized spacial score (nSPS) is 9.28. The van der Waals surface area contributed by atoms with Crippen LogP contribution in [0.1, 0.15) is 33.4 Å². The number of hydrogen-bond acceptors (Lipinski definition) is 4. The molecule has 0 saturated heterocycles. The van der Waals surface area contributed by atoms with Crippen LogP contribution in [-0.2, 0) is 4.79 Å². The Bertz CT molecular complexity index is 871. The monoisotopic (exact) mass is 480 g/mol. The third kappa shape index (κ3) is 13.0. The number of halogens is 2. The van der Waals surface area contributed by atoms with Crippen LogP contribution < -0.4 is 10.6 Å². The summed E-state index contributed by atoms with van der Waals surface area (Å²) in [6.45, 7) is 10.5. The van der Waals surface area contributed by atoms with Gasteiger partial charge in [0.15, 0.2) is 0 Å². The molecule has 0 saturated carbocycles. The summed E-state index contributed by atoms with van der Waals surface area (Å²) in [5.41, 5.74) is 3.20. The van der Waals surface area contributed by atoms with Gasteiger partial charge in [-0.05, 0) is 45.0 Å². The number of aromatic nitrogens is 2. The van der Waals surface area contributed by atoms with Gasteiger partial charge in [-0.15, -0.1) is 0 Å². The zero-order valence-corrected chi connectivity index (χ0v) is 20.8. The topological polar surface area (TPSA) is 90.0 Å². The molecule has 4 N–H and O–H groups in total. The van der Waals surface area contributed by atoms with Crippen molar-refractivity contribution in [3.05, 3.63) is 70.6 Å². The minimum atomic E-state index is 0.0126. The molecule has 0 aliphatic heterocycles. The number of rotatable bonds is 6. The molecule has 0 bridgehead atoms. The quantitative estimate of drug-likeness (QED) is 0.259. The number of anilines is 1. The number of aliphatic hydroxyl groups excluding tert-OH is 1. The van der Waals surface area contributed by atoms with Gasteiger partial charge in [0.1, 0.15) is 5.82 Å². The Balaban J connectivity index is 0.000000529. The molecule has 32 heavy (non-hydrogen) atoms. The van der Waals surface area contributed by atoms with Crippen molar-refractivity contribution in [3.8, 4) is 11.1 Å². The first kappa shape index (κ1) is 29.5. The van der Waals surface area contributed by atoms with Crippen molar-refractivity contribution in [2.75, 3.05) is 18.5 Å².